The number of halogens is 1. The normalized spacial score (nSPS) is 10.5. The molecule has 0 aliphatic heterocycles. The van der Waals surface area contributed by atoms with Crippen LogP contribution in [0.5, 0.6) is 0 Å². The molecule has 0 aliphatic rings. The highest BCUT2D eigenvalue weighted by molar-refractivity contribution is 14.1. The first-order valence-corrected chi connectivity index (χ1v) is 9.13. The summed E-state index contributed by atoms with van der Waals surface area (Å²) < 4.78 is 1.18. The van der Waals surface area contributed by atoms with Crippen molar-refractivity contribution in [3.63, 3.8) is 0 Å². The second kappa shape index (κ2) is 7.69. The molecule has 0 atom stereocenters. The van der Waals surface area contributed by atoms with Gasteiger partial charge < -0.3 is 16.0 Å². The van der Waals surface area contributed by atoms with Gasteiger partial charge in [0.15, 0.2) is 11.6 Å². The van der Waals surface area contributed by atoms with Crippen molar-refractivity contribution in [1.82, 2.24) is 9.97 Å². The van der Waals surface area contributed by atoms with Crippen molar-refractivity contribution in [1.29, 1.82) is 0 Å². The number of hydrogen-bond acceptors (Lipinski definition) is 5. The Morgan fingerprint density at radius 3 is 2.56 bits per heavy atom. The monoisotopic (exact) mass is 445 g/mol. The lowest BCUT2D eigenvalue weighted by molar-refractivity contribution is 0.979. The second-order valence-electron chi connectivity index (χ2n) is 5.67. The van der Waals surface area contributed by atoms with E-state index in [9.17, 15) is 0 Å². The lowest BCUT2D eigenvalue weighted by atomic mass is 10.2. The fraction of sp³-hybridized carbons (Fsp3) is 0.158. The Hall–Kier alpha value is -2.35. The molecular formula is C19H20IN5. The lowest BCUT2D eigenvalue weighted by Crippen LogP contribution is -2.20. The van der Waals surface area contributed by atoms with Gasteiger partial charge in [-0.05, 0) is 78.4 Å². The molecule has 6 heteroatoms. The maximum absolute atomic E-state index is 6.38. The number of hydrogen-bond donors (Lipinski definition) is 2. The molecule has 0 unspecified atom stereocenters. The number of benzene rings is 2. The quantitative estimate of drug-likeness (QED) is 0.549. The molecular weight excluding hydrogens is 425 g/mol. The first-order chi connectivity index (χ1) is 12.1. The molecule has 0 fully saturated rings. The van der Waals surface area contributed by atoms with Gasteiger partial charge in [-0.15, -0.1) is 0 Å². The van der Waals surface area contributed by atoms with Crippen molar-refractivity contribution in [3.8, 4) is 0 Å². The molecule has 1 aromatic heterocycles. The number of aryl methyl sites for hydroxylation is 1. The van der Waals surface area contributed by atoms with Crippen molar-refractivity contribution in [2.24, 2.45) is 0 Å². The minimum absolute atomic E-state index is 0.532. The maximum Gasteiger partial charge on any atom is 0.161 e. The number of nitrogens with one attached hydrogen (secondary N) is 1. The Morgan fingerprint density at radius 2 is 1.88 bits per heavy atom. The van der Waals surface area contributed by atoms with Gasteiger partial charge in [0, 0.05) is 21.5 Å². The van der Waals surface area contributed by atoms with E-state index >= 15 is 0 Å². The summed E-state index contributed by atoms with van der Waals surface area (Å²) in [5, 5.41) is 3.28. The van der Waals surface area contributed by atoms with E-state index in [1.165, 1.54) is 9.13 Å². The summed E-state index contributed by atoms with van der Waals surface area (Å²) in [7, 11) is 0. The van der Waals surface area contributed by atoms with Crippen LogP contribution in [0.15, 0.2) is 54.9 Å². The molecule has 0 saturated heterocycles. The third-order valence-corrected chi connectivity index (χ3v) is 4.57. The van der Waals surface area contributed by atoms with Gasteiger partial charge in [-0.1, -0.05) is 12.1 Å². The molecule has 0 radical (unpaired) electrons. The molecule has 0 bridgehead atoms. The summed E-state index contributed by atoms with van der Waals surface area (Å²) in [5.74, 6) is 1.31. The van der Waals surface area contributed by atoms with Crippen molar-refractivity contribution in [3.05, 3.63) is 64.0 Å². The van der Waals surface area contributed by atoms with Crippen LogP contribution >= 0.6 is 22.6 Å². The number of nitrogen functional groups attached to an aromatic ring is 1. The summed E-state index contributed by atoms with van der Waals surface area (Å²) in [6.07, 6.45) is 1.54. The van der Waals surface area contributed by atoms with Gasteiger partial charge in [-0.2, -0.15) is 0 Å². The molecule has 0 spiro atoms. The summed E-state index contributed by atoms with van der Waals surface area (Å²) in [4.78, 5) is 10.8. The van der Waals surface area contributed by atoms with Gasteiger partial charge >= 0.3 is 0 Å². The third kappa shape index (κ3) is 4.01. The SMILES string of the molecule is CCN(c1cccc(C)c1)c1ncnc(Nc2ccc(I)cc2)c1N. The van der Waals surface area contributed by atoms with Gasteiger partial charge in [-0.25, -0.2) is 9.97 Å². The van der Waals surface area contributed by atoms with E-state index in [1.54, 1.807) is 6.33 Å². The summed E-state index contributed by atoms with van der Waals surface area (Å²) in [5.41, 5.74) is 10.1. The Balaban J connectivity index is 1.95. The van der Waals surface area contributed by atoms with Crippen LogP contribution in [0.2, 0.25) is 0 Å². The lowest BCUT2D eigenvalue weighted by Gasteiger charge is -2.24. The number of anilines is 5. The molecule has 2 aromatic carbocycles. The van der Waals surface area contributed by atoms with Crippen LogP contribution in [0.3, 0.4) is 0 Å². The van der Waals surface area contributed by atoms with E-state index in [0.717, 1.165) is 17.9 Å². The van der Waals surface area contributed by atoms with Gasteiger partial charge in [-0.3, -0.25) is 0 Å². The molecule has 0 aliphatic carbocycles. The predicted molar refractivity (Wildman–Crippen MR) is 113 cm³/mol. The van der Waals surface area contributed by atoms with E-state index in [1.807, 2.05) is 30.3 Å². The van der Waals surface area contributed by atoms with Crippen molar-refractivity contribution in [2.75, 3.05) is 22.5 Å². The average molecular weight is 445 g/mol. The zero-order valence-corrected chi connectivity index (χ0v) is 16.4. The predicted octanol–water partition coefficient (Wildman–Crippen LogP) is 4.87. The Bertz CT molecular complexity index is 864. The third-order valence-electron chi connectivity index (χ3n) is 3.86. The fourth-order valence-electron chi connectivity index (χ4n) is 2.62. The molecule has 3 aromatic rings. The number of nitrogens with two attached hydrogens (primary N) is 1. The van der Waals surface area contributed by atoms with Crippen molar-refractivity contribution < 1.29 is 0 Å². The Labute approximate surface area is 161 Å². The van der Waals surface area contributed by atoms with Crippen LogP contribution in [0.1, 0.15) is 12.5 Å². The summed E-state index contributed by atoms with van der Waals surface area (Å²) in [6, 6.07) is 16.4. The molecule has 0 saturated carbocycles. The highest BCUT2D eigenvalue weighted by Crippen LogP contribution is 2.33. The number of aromatic nitrogens is 2. The molecule has 3 N–H and O–H groups in total. The van der Waals surface area contributed by atoms with Crippen LogP contribution in [0.25, 0.3) is 0 Å². The molecule has 5 nitrogen and oxygen atoms in total. The highest BCUT2D eigenvalue weighted by Gasteiger charge is 2.16. The maximum atomic E-state index is 6.38. The second-order valence-corrected chi connectivity index (χ2v) is 6.92. The average Bonchev–Trinajstić information content (AvgIpc) is 2.61. The van der Waals surface area contributed by atoms with Gasteiger partial charge in [0.25, 0.3) is 0 Å². The Kier molecular flexibility index (Phi) is 5.37. The van der Waals surface area contributed by atoms with E-state index in [4.69, 9.17) is 5.73 Å². The molecule has 25 heavy (non-hydrogen) atoms. The summed E-state index contributed by atoms with van der Waals surface area (Å²) >= 11 is 2.28. The van der Waals surface area contributed by atoms with Gasteiger partial charge in [0.05, 0.1) is 0 Å². The fourth-order valence-corrected chi connectivity index (χ4v) is 2.98. The minimum atomic E-state index is 0.532. The molecule has 1 heterocycles. The van der Waals surface area contributed by atoms with Gasteiger partial charge in [0.1, 0.15) is 12.0 Å². The first-order valence-electron chi connectivity index (χ1n) is 8.05. The van der Waals surface area contributed by atoms with E-state index in [2.05, 4.69) is 74.8 Å². The highest BCUT2D eigenvalue weighted by atomic mass is 127. The number of rotatable bonds is 5. The topological polar surface area (TPSA) is 67.1 Å². The van der Waals surface area contributed by atoms with E-state index in [-0.39, 0.29) is 0 Å². The summed E-state index contributed by atoms with van der Waals surface area (Å²) in [6.45, 7) is 4.91. The number of nitrogens with zero attached hydrogens (tertiary/aromatic N) is 3. The van der Waals surface area contributed by atoms with Crippen LogP contribution in [-0.2, 0) is 0 Å². The largest absolute Gasteiger partial charge is 0.393 e. The van der Waals surface area contributed by atoms with Crippen molar-refractivity contribution in [2.45, 2.75) is 13.8 Å². The van der Waals surface area contributed by atoms with Crippen molar-refractivity contribution >= 4 is 51.3 Å². The smallest absolute Gasteiger partial charge is 0.161 e. The molecule has 128 valence electrons. The standard InChI is InChI=1S/C19H20IN5/c1-3-25(16-6-4-5-13(2)11-16)19-17(21)18(22-12-23-19)24-15-9-7-14(20)8-10-15/h4-12H,3,21H2,1-2H3,(H,22,23,24). The van der Waals surface area contributed by atoms with Gasteiger partial charge in [0.2, 0.25) is 0 Å². The van der Waals surface area contributed by atoms with Crippen LogP contribution in [0, 0.1) is 10.5 Å². The van der Waals surface area contributed by atoms with E-state index in [0.29, 0.717) is 17.3 Å². The van der Waals surface area contributed by atoms with E-state index < -0.39 is 0 Å². The van der Waals surface area contributed by atoms with Crippen LogP contribution in [0.4, 0.5) is 28.7 Å². The zero-order chi connectivity index (χ0) is 17.8. The molecule has 0 amide bonds. The van der Waals surface area contributed by atoms with Crippen LogP contribution in [-0.4, -0.2) is 16.5 Å². The Morgan fingerprint density at radius 1 is 1.12 bits per heavy atom. The first kappa shape index (κ1) is 17.5. The zero-order valence-electron chi connectivity index (χ0n) is 14.2. The molecule has 3 rings (SSSR count). The van der Waals surface area contributed by atoms with Crippen LogP contribution < -0.4 is 16.0 Å². The minimum Gasteiger partial charge on any atom is -0.393 e.